The van der Waals surface area contributed by atoms with Gasteiger partial charge in [0.2, 0.25) is 0 Å². The van der Waals surface area contributed by atoms with E-state index in [-0.39, 0.29) is 25.1 Å². The summed E-state index contributed by atoms with van der Waals surface area (Å²) in [4.78, 5) is 10.8. The van der Waals surface area contributed by atoms with Crippen molar-refractivity contribution in [2.75, 3.05) is 6.61 Å². The topological polar surface area (TPSA) is 46.5 Å². The third-order valence-electron chi connectivity index (χ3n) is 1.61. The van der Waals surface area contributed by atoms with Crippen LogP contribution in [0.4, 0.5) is 0 Å². The Bertz CT molecular complexity index is 123. The van der Waals surface area contributed by atoms with Gasteiger partial charge in [0.05, 0.1) is 19.1 Å². The molecule has 1 N–H and O–H groups in total. The molecule has 72 valence electrons. The number of carbonyl (C=O) groups excluding carboxylic acids is 1. The highest BCUT2D eigenvalue weighted by Crippen LogP contribution is 2.04. The molecule has 0 aromatic rings. The summed E-state index contributed by atoms with van der Waals surface area (Å²) in [7, 11) is 0. The Balaban J connectivity index is 3.40. The Morgan fingerprint density at radius 3 is 2.75 bits per heavy atom. The molecule has 3 nitrogen and oxygen atoms in total. The molecule has 0 saturated heterocycles. The van der Waals surface area contributed by atoms with Gasteiger partial charge in [-0.25, -0.2) is 0 Å². The van der Waals surface area contributed by atoms with Gasteiger partial charge in [0.25, 0.3) is 0 Å². The van der Waals surface area contributed by atoms with Crippen molar-refractivity contribution in [3.63, 3.8) is 0 Å². The molecule has 0 saturated carbocycles. The lowest BCUT2D eigenvalue weighted by Crippen LogP contribution is -2.15. The normalized spacial score (nSPS) is 12.6. The van der Waals surface area contributed by atoms with Crippen LogP contribution in [0.15, 0.2) is 0 Å². The number of aliphatic hydroxyl groups is 1. The average molecular weight is 174 g/mol. The minimum Gasteiger partial charge on any atom is -0.463 e. The van der Waals surface area contributed by atoms with Gasteiger partial charge in [-0.2, -0.15) is 0 Å². The van der Waals surface area contributed by atoms with Crippen LogP contribution in [0.1, 0.15) is 39.5 Å². The first-order valence-corrected chi connectivity index (χ1v) is 4.51. The number of hydrogen-bond acceptors (Lipinski definition) is 3. The summed E-state index contributed by atoms with van der Waals surface area (Å²) in [6.45, 7) is 3.85. The molecule has 0 aliphatic carbocycles. The van der Waals surface area contributed by atoms with E-state index < -0.39 is 0 Å². The predicted octanol–water partition coefficient (Wildman–Crippen LogP) is 1.49. The van der Waals surface area contributed by atoms with Crippen LogP contribution in [-0.4, -0.2) is 23.8 Å². The quantitative estimate of drug-likeness (QED) is 0.620. The number of unbranched alkanes of at least 4 members (excludes halogenated alkanes) is 1. The van der Waals surface area contributed by atoms with Gasteiger partial charge in [0, 0.05) is 0 Å². The predicted molar refractivity (Wildman–Crippen MR) is 46.8 cm³/mol. The summed E-state index contributed by atoms with van der Waals surface area (Å²) in [6, 6.07) is 0. The second-order valence-corrected chi connectivity index (χ2v) is 2.92. The third-order valence-corrected chi connectivity index (χ3v) is 1.61. The maximum Gasteiger partial charge on any atom is 0.308 e. The largest absolute Gasteiger partial charge is 0.463 e. The molecule has 0 rings (SSSR count). The van der Waals surface area contributed by atoms with Gasteiger partial charge in [-0.3, -0.25) is 4.79 Å². The minimum atomic E-state index is -0.305. The Hall–Kier alpha value is -0.570. The Morgan fingerprint density at radius 1 is 1.58 bits per heavy atom. The van der Waals surface area contributed by atoms with Crippen molar-refractivity contribution in [1.29, 1.82) is 0 Å². The van der Waals surface area contributed by atoms with Crippen LogP contribution >= 0.6 is 0 Å². The van der Waals surface area contributed by atoms with E-state index in [4.69, 9.17) is 9.84 Å². The van der Waals surface area contributed by atoms with Gasteiger partial charge in [-0.05, 0) is 13.3 Å². The second-order valence-electron chi connectivity index (χ2n) is 2.92. The molecule has 0 radical (unpaired) electrons. The molecule has 0 spiro atoms. The van der Waals surface area contributed by atoms with Crippen LogP contribution in [0.25, 0.3) is 0 Å². The van der Waals surface area contributed by atoms with Gasteiger partial charge in [0.15, 0.2) is 0 Å². The van der Waals surface area contributed by atoms with Crippen molar-refractivity contribution >= 4 is 5.97 Å². The van der Waals surface area contributed by atoms with E-state index in [1.807, 2.05) is 6.92 Å². The fourth-order valence-corrected chi connectivity index (χ4v) is 0.925. The third kappa shape index (κ3) is 6.16. The molecule has 0 fully saturated rings. The van der Waals surface area contributed by atoms with Crippen LogP contribution < -0.4 is 0 Å². The molecule has 0 unspecified atom stereocenters. The maximum atomic E-state index is 10.8. The number of aliphatic hydroxyl groups excluding tert-OH is 1. The maximum absolute atomic E-state index is 10.8. The van der Waals surface area contributed by atoms with E-state index in [1.165, 1.54) is 0 Å². The molecule has 3 heteroatoms. The number of hydrogen-bond donors (Lipinski definition) is 1. The zero-order valence-corrected chi connectivity index (χ0v) is 7.88. The molecule has 0 amide bonds. The molecule has 0 aliphatic heterocycles. The number of esters is 1. The van der Waals surface area contributed by atoms with E-state index in [1.54, 1.807) is 0 Å². The summed E-state index contributed by atoms with van der Waals surface area (Å²) >= 11 is 0. The molecule has 12 heavy (non-hydrogen) atoms. The van der Waals surface area contributed by atoms with Gasteiger partial charge in [0.1, 0.15) is 0 Å². The summed E-state index contributed by atoms with van der Waals surface area (Å²) in [6.07, 6.45) is 3.20. The minimum absolute atomic E-state index is 0.0102. The molecule has 0 aromatic heterocycles. The zero-order chi connectivity index (χ0) is 9.40. The fraction of sp³-hybridized carbons (Fsp3) is 0.889. The smallest absolute Gasteiger partial charge is 0.308 e. The van der Waals surface area contributed by atoms with Crippen molar-refractivity contribution in [2.45, 2.75) is 45.6 Å². The average Bonchev–Trinajstić information content (AvgIpc) is 2.01. The van der Waals surface area contributed by atoms with E-state index in [9.17, 15) is 4.79 Å². The van der Waals surface area contributed by atoms with Gasteiger partial charge in [-0.1, -0.05) is 19.8 Å². The van der Waals surface area contributed by atoms with Gasteiger partial charge in [-0.15, -0.1) is 0 Å². The second kappa shape index (κ2) is 7.10. The standard InChI is InChI=1S/C9H18O3/c1-3-4-5-8(2)12-9(11)6-7-10/h8,10H,3-7H2,1-2H3/t8-/m1/s1. The Kier molecular flexibility index (Phi) is 6.76. The number of ether oxygens (including phenoxy) is 1. The first-order valence-electron chi connectivity index (χ1n) is 4.51. The first kappa shape index (κ1) is 11.4. The van der Waals surface area contributed by atoms with Crippen molar-refractivity contribution in [1.82, 2.24) is 0 Å². The Labute approximate surface area is 73.7 Å². The monoisotopic (exact) mass is 174 g/mol. The highest BCUT2D eigenvalue weighted by molar-refractivity contribution is 5.69. The number of rotatable bonds is 6. The van der Waals surface area contributed by atoms with Crippen LogP contribution in [-0.2, 0) is 9.53 Å². The van der Waals surface area contributed by atoms with E-state index in [2.05, 4.69) is 6.92 Å². The number of carbonyl (C=O) groups is 1. The van der Waals surface area contributed by atoms with Gasteiger partial charge < -0.3 is 9.84 Å². The van der Waals surface area contributed by atoms with Crippen LogP contribution in [0.2, 0.25) is 0 Å². The lowest BCUT2D eigenvalue weighted by atomic mass is 10.2. The lowest BCUT2D eigenvalue weighted by molar-refractivity contribution is -0.149. The van der Waals surface area contributed by atoms with E-state index in [0.717, 1.165) is 19.3 Å². The molecular weight excluding hydrogens is 156 g/mol. The first-order chi connectivity index (χ1) is 5.70. The van der Waals surface area contributed by atoms with Crippen LogP contribution in [0.5, 0.6) is 0 Å². The highest BCUT2D eigenvalue weighted by Gasteiger charge is 2.07. The van der Waals surface area contributed by atoms with Gasteiger partial charge >= 0.3 is 5.97 Å². The molecule has 0 aliphatic rings. The molecule has 1 atom stereocenters. The Morgan fingerprint density at radius 2 is 2.25 bits per heavy atom. The van der Waals surface area contributed by atoms with Crippen molar-refractivity contribution in [3.8, 4) is 0 Å². The van der Waals surface area contributed by atoms with Crippen molar-refractivity contribution < 1.29 is 14.6 Å². The fourth-order valence-electron chi connectivity index (χ4n) is 0.925. The van der Waals surface area contributed by atoms with E-state index >= 15 is 0 Å². The summed E-state index contributed by atoms with van der Waals surface area (Å²) in [5.41, 5.74) is 0. The molecular formula is C9H18O3. The van der Waals surface area contributed by atoms with Crippen LogP contribution in [0.3, 0.4) is 0 Å². The summed E-state index contributed by atoms with van der Waals surface area (Å²) in [5, 5.41) is 8.42. The van der Waals surface area contributed by atoms with E-state index in [0.29, 0.717) is 0 Å². The summed E-state index contributed by atoms with van der Waals surface area (Å²) in [5.74, 6) is -0.305. The molecule has 0 aromatic carbocycles. The molecule has 0 bridgehead atoms. The lowest BCUT2D eigenvalue weighted by Gasteiger charge is -2.11. The molecule has 0 heterocycles. The zero-order valence-electron chi connectivity index (χ0n) is 7.88. The van der Waals surface area contributed by atoms with Crippen molar-refractivity contribution in [3.05, 3.63) is 0 Å². The highest BCUT2D eigenvalue weighted by atomic mass is 16.5. The SMILES string of the molecule is CCCC[C@@H](C)OC(=O)CCO. The van der Waals surface area contributed by atoms with Crippen LogP contribution in [0, 0.1) is 0 Å². The summed E-state index contributed by atoms with van der Waals surface area (Å²) < 4.78 is 4.99. The van der Waals surface area contributed by atoms with Crippen molar-refractivity contribution in [2.24, 2.45) is 0 Å².